The van der Waals surface area contributed by atoms with Crippen LogP contribution < -0.4 is 10.9 Å². The Morgan fingerprint density at radius 1 is 1.06 bits per heavy atom. The largest absolute Gasteiger partial charge is 0.440 e. The molecule has 5 rings (SSSR count). The van der Waals surface area contributed by atoms with E-state index in [4.69, 9.17) is 21.0 Å². The van der Waals surface area contributed by atoms with Crippen LogP contribution in [0.4, 0.5) is 8.78 Å². The molecule has 0 saturated carbocycles. The Kier molecular flexibility index (Phi) is 6.30. The summed E-state index contributed by atoms with van der Waals surface area (Å²) >= 11 is 6.19. The molecule has 2 aromatic carbocycles. The average Bonchev–Trinajstić information content (AvgIpc) is 3.25. The van der Waals surface area contributed by atoms with Crippen molar-refractivity contribution in [2.45, 2.75) is 32.6 Å². The van der Waals surface area contributed by atoms with Crippen LogP contribution >= 0.6 is 11.6 Å². The Hall–Kier alpha value is -3.29. The first-order valence-corrected chi connectivity index (χ1v) is 11.9. The van der Waals surface area contributed by atoms with Crippen LogP contribution in [0.3, 0.4) is 0 Å². The van der Waals surface area contributed by atoms with Gasteiger partial charge in [-0.25, -0.2) is 13.8 Å². The lowest BCUT2D eigenvalue weighted by molar-refractivity contribution is 0.378. The lowest BCUT2D eigenvalue weighted by atomic mass is 9.98. The van der Waals surface area contributed by atoms with E-state index < -0.39 is 11.6 Å². The third kappa shape index (κ3) is 4.54. The number of hydrogen-bond acceptors (Lipinski definition) is 4. The molecule has 0 bridgehead atoms. The molecule has 4 aromatic rings. The molecule has 1 fully saturated rings. The van der Waals surface area contributed by atoms with Gasteiger partial charge in [-0.15, -0.1) is 0 Å². The maximum atomic E-state index is 14.8. The number of oxazole rings is 1. The summed E-state index contributed by atoms with van der Waals surface area (Å²) in [7, 11) is 0. The van der Waals surface area contributed by atoms with Gasteiger partial charge >= 0.3 is 0 Å². The van der Waals surface area contributed by atoms with Crippen LogP contribution in [0.2, 0.25) is 5.02 Å². The second kappa shape index (κ2) is 9.40. The Balaban J connectivity index is 1.70. The summed E-state index contributed by atoms with van der Waals surface area (Å²) in [6.45, 7) is 5.45. The molecule has 1 aliphatic heterocycles. The van der Waals surface area contributed by atoms with Gasteiger partial charge in [-0.1, -0.05) is 11.6 Å². The van der Waals surface area contributed by atoms with E-state index in [2.05, 4.69) is 5.32 Å². The Morgan fingerprint density at radius 2 is 1.77 bits per heavy atom. The van der Waals surface area contributed by atoms with E-state index in [1.807, 2.05) is 13.8 Å². The number of pyridine rings is 1. The molecule has 0 radical (unpaired) electrons. The fraction of sp³-hybridized carbons (Fsp3) is 0.259. The fourth-order valence-corrected chi connectivity index (χ4v) is 5.04. The summed E-state index contributed by atoms with van der Waals surface area (Å²) in [6.07, 6.45) is 3.36. The smallest absolute Gasteiger partial charge is 0.255 e. The highest BCUT2D eigenvalue weighted by molar-refractivity contribution is 6.30. The third-order valence-corrected chi connectivity index (χ3v) is 6.61. The molecule has 1 aliphatic rings. The van der Waals surface area contributed by atoms with Crippen LogP contribution in [-0.4, -0.2) is 22.6 Å². The first-order valence-electron chi connectivity index (χ1n) is 11.5. The second-order valence-corrected chi connectivity index (χ2v) is 9.33. The van der Waals surface area contributed by atoms with E-state index >= 15 is 0 Å². The SMILES string of the molecule is Cc1cc(Cl)cc(C)c1-n1cc(-c2nc(C3CCNCC3)oc2-c2ccc(F)cc2F)ccc1=O. The van der Waals surface area contributed by atoms with Gasteiger partial charge in [0, 0.05) is 34.8 Å². The quantitative estimate of drug-likeness (QED) is 0.367. The number of piperidine rings is 1. The molecule has 0 atom stereocenters. The number of nitrogens with one attached hydrogen (secondary N) is 1. The van der Waals surface area contributed by atoms with E-state index in [1.165, 1.54) is 18.2 Å². The second-order valence-electron chi connectivity index (χ2n) is 8.89. The van der Waals surface area contributed by atoms with Crippen molar-refractivity contribution in [2.75, 3.05) is 13.1 Å². The lowest BCUT2D eigenvalue weighted by Gasteiger charge is -2.19. The normalized spacial score (nSPS) is 14.4. The topological polar surface area (TPSA) is 60.1 Å². The van der Waals surface area contributed by atoms with Crippen LogP contribution in [0.15, 0.2) is 57.9 Å². The van der Waals surface area contributed by atoms with Gasteiger partial charge < -0.3 is 9.73 Å². The molecule has 1 N–H and O–H groups in total. The number of benzene rings is 2. The number of hydrogen-bond donors (Lipinski definition) is 1. The Morgan fingerprint density at radius 3 is 2.46 bits per heavy atom. The van der Waals surface area contributed by atoms with Crippen LogP contribution in [0.5, 0.6) is 0 Å². The van der Waals surface area contributed by atoms with Crippen molar-refractivity contribution in [2.24, 2.45) is 0 Å². The summed E-state index contributed by atoms with van der Waals surface area (Å²) in [5, 5.41) is 3.90. The van der Waals surface area contributed by atoms with Gasteiger partial charge in [0.25, 0.3) is 5.56 Å². The molecule has 3 heterocycles. The van der Waals surface area contributed by atoms with Crippen LogP contribution in [0.1, 0.15) is 35.8 Å². The van der Waals surface area contributed by atoms with Crippen molar-refractivity contribution in [3.63, 3.8) is 0 Å². The monoisotopic (exact) mass is 495 g/mol. The number of aromatic nitrogens is 2. The first kappa shape index (κ1) is 23.5. The molecule has 0 spiro atoms. The summed E-state index contributed by atoms with van der Waals surface area (Å²) < 4.78 is 36.2. The molecule has 180 valence electrons. The standard InChI is InChI=1S/C27H24ClF2N3O2/c1-15-11-19(28)12-16(2)25(15)33-14-18(3-6-23(33)34)24-26(21-5-4-20(29)13-22(21)30)35-27(32-24)17-7-9-31-10-8-17/h3-6,11-14,17,31H,7-10H2,1-2H3. The summed E-state index contributed by atoms with van der Waals surface area (Å²) in [5.41, 5.74) is 3.29. The Labute approximate surface area is 206 Å². The molecule has 1 saturated heterocycles. The molecule has 0 amide bonds. The summed E-state index contributed by atoms with van der Waals surface area (Å²) in [4.78, 5) is 17.6. The number of halogens is 3. The highest BCUT2D eigenvalue weighted by Crippen LogP contribution is 2.38. The fourth-order valence-electron chi connectivity index (χ4n) is 4.72. The van der Waals surface area contributed by atoms with Crippen LogP contribution in [0, 0.1) is 25.5 Å². The maximum Gasteiger partial charge on any atom is 0.255 e. The van der Waals surface area contributed by atoms with Gasteiger partial charge in [-0.3, -0.25) is 9.36 Å². The zero-order valence-electron chi connectivity index (χ0n) is 19.4. The Bertz CT molecular complexity index is 1450. The molecule has 8 heteroatoms. The zero-order valence-corrected chi connectivity index (χ0v) is 20.1. The summed E-state index contributed by atoms with van der Waals surface area (Å²) in [5.74, 6) is -0.605. The minimum Gasteiger partial charge on any atom is -0.440 e. The highest BCUT2D eigenvalue weighted by Gasteiger charge is 2.26. The van der Waals surface area contributed by atoms with Crippen molar-refractivity contribution < 1.29 is 13.2 Å². The summed E-state index contributed by atoms with van der Waals surface area (Å²) in [6, 6.07) is 10.1. The lowest BCUT2D eigenvalue weighted by Crippen LogP contribution is -2.26. The van der Waals surface area contributed by atoms with E-state index in [-0.39, 0.29) is 22.8 Å². The molecule has 2 aromatic heterocycles. The van der Waals surface area contributed by atoms with Crippen molar-refractivity contribution in [3.8, 4) is 28.3 Å². The number of aryl methyl sites for hydroxylation is 2. The van der Waals surface area contributed by atoms with Crippen molar-refractivity contribution in [1.29, 1.82) is 0 Å². The van der Waals surface area contributed by atoms with Crippen molar-refractivity contribution >= 4 is 11.6 Å². The highest BCUT2D eigenvalue weighted by atomic mass is 35.5. The van der Waals surface area contributed by atoms with Gasteiger partial charge in [0.1, 0.15) is 17.3 Å². The van der Waals surface area contributed by atoms with E-state index in [0.29, 0.717) is 22.2 Å². The van der Waals surface area contributed by atoms with E-state index in [0.717, 1.165) is 48.8 Å². The zero-order chi connectivity index (χ0) is 24.7. The molecular formula is C27H24ClF2N3O2. The number of rotatable bonds is 4. The predicted octanol–water partition coefficient (Wildman–Crippen LogP) is 6.17. The van der Waals surface area contributed by atoms with Crippen LogP contribution in [-0.2, 0) is 0 Å². The predicted molar refractivity (Wildman–Crippen MR) is 132 cm³/mol. The minimum absolute atomic E-state index is 0.0823. The maximum absolute atomic E-state index is 14.8. The van der Waals surface area contributed by atoms with Crippen molar-refractivity contribution in [1.82, 2.24) is 14.9 Å². The third-order valence-electron chi connectivity index (χ3n) is 6.39. The van der Waals surface area contributed by atoms with Gasteiger partial charge in [0.05, 0.1) is 11.3 Å². The van der Waals surface area contributed by atoms with Gasteiger partial charge in [0.2, 0.25) is 0 Å². The first-order chi connectivity index (χ1) is 16.8. The van der Waals surface area contributed by atoms with Crippen LogP contribution in [0.25, 0.3) is 28.3 Å². The molecular weight excluding hydrogens is 472 g/mol. The number of nitrogens with zero attached hydrogens (tertiary/aromatic N) is 2. The molecule has 0 aliphatic carbocycles. The van der Waals surface area contributed by atoms with Gasteiger partial charge in [0.15, 0.2) is 11.7 Å². The van der Waals surface area contributed by atoms with E-state index in [9.17, 15) is 13.6 Å². The average molecular weight is 496 g/mol. The van der Waals surface area contributed by atoms with E-state index in [1.54, 1.807) is 29.0 Å². The molecule has 35 heavy (non-hydrogen) atoms. The van der Waals surface area contributed by atoms with Gasteiger partial charge in [-0.05, 0) is 81.2 Å². The molecule has 5 nitrogen and oxygen atoms in total. The minimum atomic E-state index is -0.739. The van der Waals surface area contributed by atoms with Crippen molar-refractivity contribution in [3.05, 3.63) is 92.7 Å². The van der Waals surface area contributed by atoms with Gasteiger partial charge in [-0.2, -0.15) is 0 Å². The molecule has 0 unspecified atom stereocenters.